The number of hydrogen-bond donors (Lipinski definition) is 2. The summed E-state index contributed by atoms with van der Waals surface area (Å²) >= 11 is 0. The van der Waals surface area contributed by atoms with E-state index in [1.807, 2.05) is 6.92 Å². The molecule has 9 heteroatoms. The Kier molecular flexibility index (Phi) is 8.32. The molecule has 3 rings (SSSR count). The number of nitrogens with one attached hydrogen (secondary N) is 1. The van der Waals surface area contributed by atoms with Crippen LogP contribution < -0.4 is 16.6 Å². The van der Waals surface area contributed by atoms with Crippen molar-refractivity contribution in [2.24, 2.45) is 5.41 Å². The van der Waals surface area contributed by atoms with Crippen LogP contribution in [0.15, 0.2) is 33.9 Å². The van der Waals surface area contributed by atoms with Gasteiger partial charge in [0.05, 0.1) is 17.6 Å². The van der Waals surface area contributed by atoms with Gasteiger partial charge in [-0.15, -0.1) is 0 Å². The van der Waals surface area contributed by atoms with Crippen molar-refractivity contribution in [2.45, 2.75) is 72.0 Å². The van der Waals surface area contributed by atoms with Crippen molar-refractivity contribution in [3.63, 3.8) is 0 Å². The number of carboxylic acids is 1. The monoisotopic (exact) mass is 485 g/mol. The number of aromatic nitrogens is 2. The molecule has 2 aromatic rings. The second-order valence-corrected chi connectivity index (χ2v) is 9.22. The van der Waals surface area contributed by atoms with Gasteiger partial charge in [0.25, 0.3) is 5.56 Å². The van der Waals surface area contributed by atoms with Crippen LogP contribution in [0.1, 0.15) is 50.8 Å². The topological polar surface area (TPSA) is 120 Å². The first-order valence-corrected chi connectivity index (χ1v) is 12.1. The molecule has 1 saturated carbocycles. The van der Waals surface area contributed by atoms with Crippen LogP contribution >= 0.6 is 0 Å². The number of amides is 1. The summed E-state index contributed by atoms with van der Waals surface area (Å²) in [4.78, 5) is 50.5. The van der Waals surface area contributed by atoms with Gasteiger partial charge in [-0.2, -0.15) is 0 Å². The number of nitrogens with zero attached hydrogens (tertiary/aromatic N) is 2. The quantitative estimate of drug-likeness (QED) is 0.533. The van der Waals surface area contributed by atoms with E-state index in [4.69, 9.17) is 4.74 Å². The van der Waals surface area contributed by atoms with Crippen molar-refractivity contribution in [1.82, 2.24) is 14.5 Å². The van der Waals surface area contributed by atoms with Crippen LogP contribution in [0.3, 0.4) is 0 Å². The molecule has 2 N–H and O–H groups in total. The lowest BCUT2D eigenvalue weighted by Crippen LogP contribution is -2.50. The summed E-state index contributed by atoms with van der Waals surface area (Å²) in [5.41, 5.74) is 1.06. The van der Waals surface area contributed by atoms with E-state index in [2.05, 4.69) is 5.32 Å². The maximum absolute atomic E-state index is 13.0. The first-order valence-electron chi connectivity index (χ1n) is 12.1. The van der Waals surface area contributed by atoms with Crippen LogP contribution in [0.5, 0.6) is 0 Å². The molecular formula is C26H35N3O6. The van der Waals surface area contributed by atoms with Gasteiger partial charge < -0.3 is 15.2 Å². The summed E-state index contributed by atoms with van der Waals surface area (Å²) in [7, 11) is 1.55. The molecule has 1 unspecified atom stereocenters. The Hall–Kier alpha value is -3.20. The van der Waals surface area contributed by atoms with Crippen molar-refractivity contribution < 1.29 is 19.4 Å². The maximum atomic E-state index is 13.0. The van der Waals surface area contributed by atoms with Crippen molar-refractivity contribution in [3.05, 3.63) is 56.4 Å². The number of hydrogen-bond acceptors (Lipinski definition) is 5. The van der Waals surface area contributed by atoms with E-state index < -0.39 is 17.4 Å². The van der Waals surface area contributed by atoms with Crippen LogP contribution in [0, 0.1) is 12.3 Å². The van der Waals surface area contributed by atoms with E-state index in [1.165, 1.54) is 4.57 Å². The SMILES string of the molecule is CCn1c(C)c(-c2ccc(CC(NC(=O)C3(COC)CCCC3)C(=O)O)cc2)c(=O)n(CC)c1=O. The minimum absolute atomic E-state index is 0.108. The number of carbonyl (C=O) groups is 2. The Labute approximate surface area is 204 Å². The largest absolute Gasteiger partial charge is 0.480 e. The molecule has 1 aliphatic rings. The molecule has 1 aliphatic carbocycles. The smallest absolute Gasteiger partial charge is 0.331 e. The third kappa shape index (κ3) is 5.24. The average Bonchev–Trinajstić information content (AvgIpc) is 3.30. The fourth-order valence-electron chi connectivity index (χ4n) is 5.10. The van der Waals surface area contributed by atoms with Gasteiger partial charge in [-0.1, -0.05) is 37.1 Å². The van der Waals surface area contributed by atoms with Gasteiger partial charge in [0.1, 0.15) is 6.04 Å². The van der Waals surface area contributed by atoms with Gasteiger partial charge in [0.2, 0.25) is 5.91 Å². The lowest BCUT2D eigenvalue weighted by Gasteiger charge is -2.28. The molecular weight excluding hydrogens is 450 g/mol. The van der Waals surface area contributed by atoms with Gasteiger partial charge in [-0.05, 0) is 44.7 Å². The lowest BCUT2D eigenvalue weighted by atomic mass is 9.85. The predicted octanol–water partition coefficient (Wildman–Crippen LogP) is 2.34. The van der Waals surface area contributed by atoms with E-state index in [-0.39, 0.29) is 36.7 Å². The fraction of sp³-hybridized carbons (Fsp3) is 0.538. The molecule has 0 bridgehead atoms. The van der Waals surface area contributed by atoms with E-state index in [1.54, 1.807) is 49.8 Å². The highest BCUT2D eigenvalue weighted by Crippen LogP contribution is 2.38. The van der Waals surface area contributed by atoms with E-state index in [9.17, 15) is 24.3 Å². The number of ether oxygens (including phenoxy) is 1. The summed E-state index contributed by atoms with van der Waals surface area (Å²) in [5, 5.41) is 12.5. The number of carbonyl (C=O) groups excluding carboxylic acids is 1. The summed E-state index contributed by atoms with van der Waals surface area (Å²) in [6.07, 6.45) is 3.31. The Morgan fingerprint density at radius 1 is 1.09 bits per heavy atom. The molecule has 0 radical (unpaired) electrons. The van der Waals surface area contributed by atoms with Crippen LogP contribution in [-0.2, 0) is 33.8 Å². The molecule has 1 heterocycles. The zero-order valence-corrected chi connectivity index (χ0v) is 20.9. The molecule has 35 heavy (non-hydrogen) atoms. The lowest BCUT2D eigenvalue weighted by molar-refractivity contribution is -0.144. The van der Waals surface area contributed by atoms with E-state index >= 15 is 0 Å². The van der Waals surface area contributed by atoms with Gasteiger partial charge in [-0.25, -0.2) is 9.59 Å². The molecule has 9 nitrogen and oxygen atoms in total. The fourth-order valence-corrected chi connectivity index (χ4v) is 5.10. The Balaban J connectivity index is 1.86. The summed E-state index contributed by atoms with van der Waals surface area (Å²) in [5.74, 6) is -1.39. The first kappa shape index (κ1) is 26.4. The molecule has 0 spiro atoms. The minimum atomic E-state index is -1.11. The van der Waals surface area contributed by atoms with Gasteiger partial charge in [-0.3, -0.25) is 18.7 Å². The Morgan fingerprint density at radius 3 is 2.20 bits per heavy atom. The number of carboxylic acid groups (broad SMARTS) is 1. The zero-order chi connectivity index (χ0) is 25.8. The molecule has 1 fully saturated rings. The molecule has 1 aromatic heterocycles. The molecule has 0 saturated heterocycles. The van der Waals surface area contributed by atoms with Crippen LogP contribution in [-0.4, -0.2) is 45.9 Å². The molecule has 1 amide bonds. The van der Waals surface area contributed by atoms with E-state index in [0.717, 1.165) is 12.8 Å². The third-order valence-electron chi connectivity index (χ3n) is 7.07. The second kappa shape index (κ2) is 11.0. The van der Waals surface area contributed by atoms with Crippen molar-refractivity contribution in [1.29, 1.82) is 0 Å². The zero-order valence-electron chi connectivity index (χ0n) is 20.9. The number of methoxy groups -OCH3 is 1. The van der Waals surface area contributed by atoms with Crippen molar-refractivity contribution in [3.8, 4) is 11.1 Å². The highest BCUT2D eigenvalue weighted by atomic mass is 16.5. The average molecular weight is 486 g/mol. The highest BCUT2D eigenvalue weighted by molar-refractivity contribution is 5.88. The molecule has 1 atom stereocenters. The normalized spacial score (nSPS) is 15.7. The Morgan fingerprint density at radius 2 is 1.69 bits per heavy atom. The van der Waals surface area contributed by atoms with Crippen molar-refractivity contribution >= 4 is 11.9 Å². The predicted molar refractivity (Wildman–Crippen MR) is 133 cm³/mol. The number of aliphatic carboxylic acids is 1. The minimum Gasteiger partial charge on any atom is -0.480 e. The van der Waals surface area contributed by atoms with Crippen LogP contribution in [0.2, 0.25) is 0 Å². The van der Waals surface area contributed by atoms with Gasteiger partial charge in [0.15, 0.2) is 0 Å². The standard InChI is InChI=1S/C26H35N3O6/c1-5-28-17(3)21(22(30)29(6-2)25(28)34)19-11-9-18(10-12-19)15-20(23(31)32)27-24(33)26(16-35-4)13-7-8-14-26/h9-12,20H,5-8,13-16H2,1-4H3,(H,27,33)(H,31,32). The van der Waals surface area contributed by atoms with Crippen molar-refractivity contribution in [2.75, 3.05) is 13.7 Å². The summed E-state index contributed by atoms with van der Waals surface area (Å²) < 4.78 is 8.06. The molecule has 190 valence electrons. The van der Waals surface area contributed by atoms with Gasteiger partial charge >= 0.3 is 11.7 Å². The summed E-state index contributed by atoms with van der Waals surface area (Å²) in [6, 6.07) is 5.95. The first-order chi connectivity index (χ1) is 16.7. The van der Waals surface area contributed by atoms with E-state index in [0.29, 0.717) is 41.8 Å². The maximum Gasteiger partial charge on any atom is 0.331 e. The molecule has 1 aromatic carbocycles. The van der Waals surface area contributed by atoms with Gasteiger partial charge in [0, 0.05) is 32.3 Å². The van der Waals surface area contributed by atoms with Crippen LogP contribution in [0.25, 0.3) is 11.1 Å². The number of rotatable bonds is 10. The number of benzene rings is 1. The highest BCUT2D eigenvalue weighted by Gasteiger charge is 2.42. The van der Waals surface area contributed by atoms with Crippen LogP contribution in [0.4, 0.5) is 0 Å². The summed E-state index contributed by atoms with van der Waals surface area (Å²) in [6.45, 7) is 6.36. The molecule has 0 aliphatic heterocycles. The second-order valence-electron chi connectivity index (χ2n) is 9.22. The Bertz CT molecular complexity index is 1190. The third-order valence-corrected chi connectivity index (χ3v) is 7.07.